The third-order valence-corrected chi connectivity index (χ3v) is 4.65. The molecule has 1 saturated heterocycles. The quantitative estimate of drug-likeness (QED) is 0.447. The molecule has 1 fully saturated rings. The van der Waals surface area contributed by atoms with Gasteiger partial charge in [0.1, 0.15) is 30.2 Å². The molecule has 2 rings (SSSR count). The minimum Gasteiger partial charge on any atom is -0.497 e. The van der Waals surface area contributed by atoms with Gasteiger partial charge in [-0.05, 0) is 37.0 Å². The SMILES string of the molecule is COc1ccc(CCCCCCO[C@@H]2O[C@H](CO)[C@@H](O)[C@H](O)[C@H]2O)cc1. The Kier molecular flexibility index (Phi) is 8.77. The van der Waals surface area contributed by atoms with Crippen molar-refractivity contribution < 1.29 is 34.6 Å². The van der Waals surface area contributed by atoms with E-state index in [0.717, 1.165) is 37.9 Å². The molecule has 148 valence electrons. The van der Waals surface area contributed by atoms with E-state index in [0.29, 0.717) is 6.61 Å². The smallest absolute Gasteiger partial charge is 0.186 e. The van der Waals surface area contributed by atoms with E-state index in [-0.39, 0.29) is 0 Å². The summed E-state index contributed by atoms with van der Waals surface area (Å²) in [6.45, 7) is -0.0681. The molecule has 0 aromatic heterocycles. The molecule has 0 saturated carbocycles. The lowest BCUT2D eigenvalue weighted by Gasteiger charge is -2.39. The first-order chi connectivity index (χ1) is 12.6. The van der Waals surface area contributed by atoms with Crippen LogP contribution in [0.15, 0.2) is 24.3 Å². The van der Waals surface area contributed by atoms with Gasteiger partial charge in [-0.15, -0.1) is 0 Å². The van der Waals surface area contributed by atoms with E-state index in [9.17, 15) is 15.3 Å². The Morgan fingerprint density at radius 1 is 0.923 bits per heavy atom. The summed E-state index contributed by atoms with van der Waals surface area (Å²) in [6.07, 6.45) is -1.11. The number of aliphatic hydroxyl groups excluding tert-OH is 4. The fraction of sp³-hybridized carbons (Fsp3) is 0.684. The minimum atomic E-state index is -1.39. The Bertz CT molecular complexity index is 505. The molecule has 7 heteroatoms. The number of aryl methyl sites for hydroxylation is 1. The van der Waals surface area contributed by atoms with Crippen LogP contribution in [0.3, 0.4) is 0 Å². The lowest BCUT2D eigenvalue weighted by Crippen LogP contribution is -2.59. The largest absolute Gasteiger partial charge is 0.497 e. The summed E-state index contributed by atoms with van der Waals surface area (Å²) in [6, 6.07) is 8.06. The van der Waals surface area contributed by atoms with Crippen LogP contribution in [0, 0.1) is 0 Å². The second kappa shape index (κ2) is 10.8. The molecular formula is C19H30O7. The van der Waals surface area contributed by atoms with Crippen LogP contribution in [-0.4, -0.2) is 71.5 Å². The molecule has 0 bridgehead atoms. The van der Waals surface area contributed by atoms with Crippen LogP contribution in [0.4, 0.5) is 0 Å². The summed E-state index contributed by atoms with van der Waals surface area (Å²) in [4.78, 5) is 0. The maximum atomic E-state index is 9.87. The summed E-state index contributed by atoms with van der Waals surface area (Å²) < 4.78 is 15.9. The maximum Gasteiger partial charge on any atom is 0.186 e. The fourth-order valence-electron chi connectivity index (χ4n) is 2.98. The van der Waals surface area contributed by atoms with Gasteiger partial charge < -0.3 is 34.6 Å². The molecule has 0 amide bonds. The zero-order chi connectivity index (χ0) is 18.9. The molecule has 1 aromatic carbocycles. The summed E-state index contributed by atoms with van der Waals surface area (Å²) in [5, 5.41) is 38.4. The van der Waals surface area contributed by atoms with Crippen molar-refractivity contribution >= 4 is 0 Å². The number of ether oxygens (including phenoxy) is 3. The first-order valence-corrected chi connectivity index (χ1v) is 9.12. The van der Waals surface area contributed by atoms with Crippen LogP contribution in [0.1, 0.15) is 31.2 Å². The second-order valence-electron chi connectivity index (χ2n) is 6.58. The van der Waals surface area contributed by atoms with E-state index in [1.165, 1.54) is 5.56 Å². The van der Waals surface area contributed by atoms with Crippen molar-refractivity contribution in [3.8, 4) is 5.75 Å². The van der Waals surface area contributed by atoms with E-state index in [1.807, 2.05) is 12.1 Å². The van der Waals surface area contributed by atoms with E-state index in [4.69, 9.17) is 19.3 Å². The molecule has 0 aliphatic carbocycles. The monoisotopic (exact) mass is 370 g/mol. The predicted molar refractivity (Wildman–Crippen MR) is 94.9 cm³/mol. The molecule has 1 aliphatic rings. The van der Waals surface area contributed by atoms with Gasteiger partial charge in [-0.3, -0.25) is 0 Å². The minimum absolute atomic E-state index is 0.380. The van der Waals surface area contributed by atoms with Crippen molar-refractivity contribution in [3.63, 3.8) is 0 Å². The van der Waals surface area contributed by atoms with Crippen LogP contribution in [-0.2, 0) is 15.9 Å². The molecule has 26 heavy (non-hydrogen) atoms. The van der Waals surface area contributed by atoms with Crippen LogP contribution < -0.4 is 4.74 Å². The molecule has 1 aliphatic heterocycles. The molecule has 0 spiro atoms. The van der Waals surface area contributed by atoms with E-state index in [2.05, 4.69) is 12.1 Å². The third-order valence-electron chi connectivity index (χ3n) is 4.65. The highest BCUT2D eigenvalue weighted by atomic mass is 16.7. The van der Waals surface area contributed by atoms with Crippen molar-refractivity contribution in [3.05, 3.63) is 29.8 Å². The number of benzene rings is 1. The van der Waals surface area contributed by atoms with Crippen molar-refractivity contribution in [2.45, 2.75) is 62.8 Å². The molecular weight excluding hydrogens is 340 g/mol. The highest BCUT2D eigenvalue weighted by molar-refractivity contribution is 5.27. The topological polar surface area (TPSA) is 109 Å². The molecule has 0 radical (unpaired) electrons. The lowest BCUT2D eigenvalue weighted by atomic mass is 9.99. The van der Waals surface area contributed by atoms with Gasteiger partial charge in [0.25, 0.3) is 0 Å². The zero-order valence-electron chi connectivity index (χ0n) is 15.2. The van der Waals surface area contributed by atoms with Gasteiger partial charge in [0.05, 0.1) is 13.7 Å². The first kappa shape index (κ1) is 21.1. The number of hydrogen-bond donors (Lipinski definition) is 4. The molecule has 5 atom stereocenters. The first-order valence-electron chi connectivity index (χ1n) is 9.12. The predicted octanol–water partition coefficient (Wildman–Crippen LogP) is 0.615. The second-order valence-corrected chi connectivity index (χ2v) is 6.58. The molecule has 1 aromatic rings. The third kappa shape index (κ3) is 5.90. The molecule has 0 unspecified atom stereocenters. The number of aliphatic hydroxyl groups is 4. The summed E-state index contributed by atoms with van der Waals surface area (Å²) >= 11 is 0. The number of hydrogen-bond acceptors (Lipinski definition) is 7. The van der Waals surface area contributed by atoms with Gasteiger partial charge in [0.15, 0.2) is 6.29 Å². The number of unbranched alkanes of at least 4 members (excludes halogenated alkanes) is 3. The summed E-state index contributed by atoms with van der Waals surface area (Å²) in [7, 11) is 1.65. The van der Waals surface area contributed by atoms with Crippen molar-refractivity contribution in [1.82, 2.24) is 0 Å². The lowest BCUT2D eigenvalue weighted by molar-refractivity contribution is -0.301. The molecule has 7 nitrogen and oxygen atoms in total. The zero-order valence-corrected chi connectivity index (χ0v) is 15.2. The summed E-state index contributed by atoms with van der Waals surface area (Å²) in [5.41, 5.74) is 1.28. The van der Waals surface area contributed by atoms with Crippen LogP contribution in [0.25, 0.3) is 0 Å². The van der Waals surface area contributed by atoms with Gasteiger partial charge in [0.2, 0.25) is 0 Å². The Morgan fingerprint density at radius 2 is 1.62 bits per heavy atom. The Hall–Kier alpha value is -1.22. The fourth-order valence-corrected chi connectivity index (χ4v) is 2.98. The average molecular weight is 370 g/mol. The van der Waals surface area contributed by atoms with Gasteiger partial charge in [0, 0.05) is 6.61 Å². The summed E-state index contributed by atoms with van der Waals surface area (Å²) in [5.74, 6) is 0.860. The van der Waals surface area contributed by atoms with Crippen LogP contribution in [0.5, 0.6) is 5.75 Å². The maximum absolute atomic E-state index is 9.87. The van der Waals surface area contributed by atoms with Gasteiger partial charge in [-0.25, -0.2) is 0 Å². The van der Waals surface area contributed by atoms with Gasteiger partial charge in [-0.2, -0.15) is 0 Å². The van der Waals surface area contributed by atoms with Crippen LogP contribution in [0.2, 0.25) is 0 Å². The van der Waals surface area contributed by atoms with E-state index < -0.39 is 37.3 Å². The average Bonchev–Trinajstić information content (AvgIpc) is 2.67. The standard InChI is InChI=1S/C19H30O7/c1-24-14-9-7-13(8-10-14)6-4-2-3-5-11-25-19-18(23)17(22)16(21)15(12-20)26-19/h7-10,15-23H,2-6,11-12H2,1H3/t15-,16-,17+,18-,19-/m1/s1. The Balaban J connectivity index is 1.58. The molecule has 4 N–H and O–H groups in total. The normalized spacial score (nSPS) is 28.9. The van der Waals surface area contributed by atoms with Gasteiger partial charge in [-0.1, -0.05) is 25.0 Å². The van der Waals surface area contributed by atoms with Crippen LogP contribution >= 0.6 is 0 Å². The van der Waals surface area contributed by atoms with E-state index in [1.54, 1.807) is 7.11 Å². The number of rotatable bonds is 10. The van der Waals surface area contributed by atoms with Gasteiger partial charge >= 0.3 is 0 Å². The van der Waals surface area contributed by atoms with Crippen molar-refractivity contribution in [1.29, 1.82) is 0 Å². The molecule has 1 heterocycles. The van der Waals surface area contributed by atoms with Crippen molar-refractivity contribution in [2.24, 2.45) is 0 Å². The number of methoxy groups -OCH3 is 1. The highest BCUT2D eigenvalue weighted by Crippen LogP contribution is 2.22. The highest BCUT2D eigenvalue weighted by Gasteiger charge is 2.43. The Labute approximate surface area is 154 Å². The van der Waals surface area contributed by atoms with E-state index >= 15 is 0 Å². The Morgan fingerprint density at radius 3 is 2.27 bits per heavy atom. The van der Waals surface area contributed by atoms with Crippen molar-refractivity contribution in [2.75, 3.05) is 20.3 Å².